The molecule has 1 fully saturated rings. The summed E-state index contributed by atoms with van der Waals surface area (Å²) in [4.78, 5) is 0. The van der Waals surface area contributed by atoms with E-state index in [0.29, 0.717) is 11.8 Å². The third-order valence-corrected chi connectivity index (χ3v) is 3.48. The van der Waals surface area contributed by atoms with Crippen molar-refractivity contribution < 1.29 is 13.5 Å². The highest BCUT2D eigenvalue weighted by molar-refractivity contribution is 5.44. The summed E-state index contributed by atoms with van der Waals surface area (Å²) in [6, 6.07) is 2.01. The lowest BCUT2D eigenvalue weighted by Gasteiger charge is -2.31. The van der Waals surface area contributed by atoms with Crippen molar-refractivity contribution in [2.45, 2.75) is 39.2 Å². The van der Waals surface area contributed by atoms with E-state index in [1.165, 1.54) is 6.42 Å². The van der Waals surface area contributed by atoms with Gasteiger partial charge in [-0.3, -0.25) is 0 Å². The molecule has 1 aromatic carbocycles. The maximum Gasteiger partial charge on any atom is 0.167 e. The number of benzene rings is 1. The first-order valence-corrected chi connectivity index (χ1v) is 6.37. The predicted molar refractivity (Wildman–Crippen MR) is 67.4 cm³/mol. The minimum atomic E-state index is -0.636. The molecule has 1 saturated carbocycles. The van der Waals surface area contributed by atoms with Gasteiger partial charge in [0.25, 0.3) is 0 Å². The van der Waals surface area contributed by atoms with E-state index >= 15 is 0 Å². The Morgan fingerprint density at radius 1 is 1.06 bits per heavy atom. The molecule has 100 valence electrons. The zero-order chi connectivity index (χ0) is 13.3. The molecular weight excluding hydrogens is 236 g/mol. The quantitative estimate of drug-likeness (QED) is 0.817. The fraction of sp³-hybridized carbons (Fsp3) is 0.571. The Morgan fingerprint density at radius 2 is 1.67 bits per heavy atom. The van der Waals surface area contributed by atoms with Crippen LogP contribution in [-0.4, -0.2) is 6.10 Å². The van der Waals surface area contributed by atoms with Crippen LogP contribution in [0.3, 0.4) is 0 Å². The van der Waals surface area contributed by atoms with Gasteiger partial charge in [-0.2, -0.15) is 0 Å². The zero-order valence-corrected chi connectivity index (χ0v) is 10.7. The van der Waals surface area contributed by atoms with Gasteiger partial charge in [-0.25, -0.2) is 8.78 Å². The van der Waals surface area contributed by atoms with E-state index < -0.39 is 11.6 Å². The van der Waals surface area contributed by atoms with Gasteiger partial charge in [0.1, 0.15) is 5.82 Å². The maximum absolute atomic E-state index is 13.6. The van der Waals surface area contributed by atoms with Crippen LogP contribution < -0.4 is 10.5 Å². The summed E-state index contributed by atoms with van der Waals surface area (Å²) in [7, 11) is 0. The largest absolute Gasteiger partial charge is 0.487 e. The van der Waals surface area contributed by atoms with Gasteiger partial charge < -0.3 is 10.5 Å². The first kappa shape index (κ1) is 13.1. The molecule has 1 aromatic rings. The lowest BCUT2D eigenvalue weighted by atomic mass is 9.82. The number of halogens is 2. The Balaban J connectivity index is 2.11. The highest BCUT2D eigenvalue weighted by Gasteiger charge is 2.26. The third-order valence-electron chi connectivity index (χ3n) is 3.48. The summed E-state index contributed by atoms with van der Waals surface area (Å²) in [5, 5.41) is 0. The topological polar surface area (TPSA) is 35.2 Å². The summed E-state index contributed by atoms with van der Waals surface area (Å²) < 4.78 is 32.5. The van der Waals surface area contributed by atoms with Gasteiger partial charge in [0.05, 0.1) is 11.8 Å². The van der Waals surface area contributed by atoms with Crippen LogP contribution in [0.25, 0.3) is 0 Å². The molecule has 0 heterocycles. The molecule has 0 amide bonds. The number of ether oxygens (including phenoxy) is 1. The van der Waals surface area contributed by atoms with Gasteiger partial charge in [0, 0.05) is 12.1 Å². The molecule has 2 unspecified atom stereocenters. The first-order valence-electron chi connectivity index (χ1n) is 6.37. The van der Waals surface area contributed by atoms with Gasteiger partial charge >= 0.3 is 0 Å². The van der Waals surface area contributed by atoms with Crippen molar-refractivity contribution in [3.8, 4) is 5.75 Å². The van der Waals surface area contributed by atoms with Crippen LogP contribution in [0, 0.1) is 23.5 Å². The number of anilines is 1. The molecule has 4 heteroatoms. The Bertz CT molecular complexity index is 426. The van der Waals surface area contributed by atoms with E-state index in [1.807, 2.05) is 0 Å². The van der Waals surface area contributed by atoms with Gasteiger partial charge in [-0.15, -0.1) is 0 Å². The van der Waals surface area contributed by atoms with Gasteiger partial charge in [0.2, 0.25) is 0 Å². The molecule has 2 N–H and O–H groups in total. The highest BCUT2D eigenvalue weighted by Crippen LogP contribution is 2.32. The molecule has 0 spiro atoms. The molecule has 1 aliphatic rings. The number of hydrogen-bond acceptors (Lipinski definition) is 2. The number of nitrogens with two attached hydrogens (primary N) is 1. The van der Waals surface area contributed by atoms with Gasteiger partial charge in [-0.1, -0.05) is 13.8 Å². The van der Waals surface area contributed by atoms with E-state index in [2.05, 4.69) is 13.8 Å². The summed E-state index contributed by atoms with van der Waals surface area (Å²) in [5.74, 6) is -0.156. The van der Waals surface area contributed by atoms with E-state index in [1.54, 1.807) is 0 Å². The average molecular weight is 255 g/mol. The van der Waals surface area contributed by atoms with E-state index in [-0.39, 0.29) is 17.5 Å². The fourth-order valence-electron chi connectivity index (χ4n) is 2.78. The number of rotatable bonds is 2. The molecule has 2 atom stereocenters. The van der Waals surface area contributed by atoms with E-state index in [0.717, 1.165) is 25.0 Å². The van der Waals surface area contributed by atoms with Crippen molar-refractivity contribution in [2.24, 2.45) is 11.8 Å². The van der Waals surface area contributed by atoms with Crippen LogP contribution in [0.2, 0.25) is 0 Å². The number of hydrogen-bond donors (Lipinski definition) is 1. The number of nitrogen functional groups attached to an aromatic ring is 1. The Hall–Kier alpha value is -1.32. The summed E-state index contributed by atoms with van der Waals surface area (Å²) in [6.45, 7) is 4.32. The van der Waals surface area contributed by atoms with Gasteiger partial charge in [-0.05, 0) is 31.1 Å². The Morgan fingerprint density at radius 3 is 2.28 bits per heavy atom. The Labute approximate surface area is 106 Å². The van der Waals surface area contributed by atoms with E-state index in [9.17, 15) is 8.78 Å². The molecule has 18 heavy (non-hydrogen) atoms. The van der Waals surface area contributed by atoms with Crippen molar-refractivity contribution >= 4 is 5.69 Å². The molecule has 0 aromatic heterocycles. The van der Waals surface area contributed by atoms with Crippen LogP contribution in [0.5, 0.6) is 5.75 Å². The molecule has 2 rings (SSSR count). The van der Waals surface area contributed by atoms with Crippen molar-refractivity contribution in [1.82, 2.24) is 0 Å². The van der Waals surface area contributed by atoms with Crippen molar-refractivity contribution in [3.63, 3.8) is 0 Å². The van der Waals surface area contributed by atoms with Crippen molar-refractivity contribution in [3.05, 3.63) is 23.8 Å². The normalized spacial score (nSPS) is 28.1. The predicted octanol–water partition coefficient (Wildman–Crippen LogP) is 3.75. The summed E-state index contributed by atoms with van der Waals surface area (Å²) in [6.07, 6.45) is 2.89. The van der Waals surface area contributed by atoms with Crippen LogP contribution in [0.15, 0.2) is 12.1 Å². The Kier molecular flexibility index (Phi) is 3.73. The molecule has 0 radical (unpaired) electrons. The maximum atomic E-state index is 13.6. The second-order valence-electron chi connectivity index (χ2n) is 5.46. The van der Waals surface area contributed by atoms with Crippen LogP contribution in [0.1, 0.15) is 33.1 Å². The molecule has 0 saturated heterocycles. The van der Waals surface area contributed by atoms with Crippen LogP contribution in [-0.2, 0) is 0 Å². The fourth-order valence-corrected chi connectivity index (χ4v) is 2.78. The summed E-state index contributed by atoms with van der Waals surface area (Å²) in [5.41, 5.74) is 5.11. The second kappa shape index (κ2) is 5.12. The van der Waals surface area contributed by atoms with Crippen LogP contribution >= 0.6 is 0 Å². The molecular formula is C14H19F2NO. The standard InChI is InChI=1S/C14H19F2NO/c1-8-3-9(2)5-10(4-8)18-14-7-11(15)13(17)6-12(14)16/h6-10H,3-5,17H2,1-2H3. The molecule has 0 aliphatic heterocycles. The summed E-state index contributed by atoms with van der Waals surface area (Å²) >= 11 is 0. The SMILES string of the molecule is CC1CC(C)CC(Oc2cc(F)c(N)cc2F)C1. The first-order chi connectivity index (χ1) is 8.45. The minimum absolute atomic E-state index is 0.0343. The van der Waals surface area contributed by atoms with Gasteiger partial charge in [0.15, 0.2) is 11.6 Å². The average Bonchev–Trinajstić information content (AvgIpc) is 2.24. The van der Waals surface area contributed by atoms with E-state index in [4.69, 9.17) is 10.5 Å². The zero-order valence-electron chi connectivity index (χ0n) is 10.7. The lowest BCUT2D eigenvalue weighted by molar-refractivity contribution is 0.0967. The monoisotopic (exact) mass is 255 g/mol. The highest BCUT2D eigenvalue weighted by atomic mass is 19.1. The molecule has 2 nitrogen and oxygen atoms in total. The second-order valence-corrected chi connectivity index (χ2v) is 5.46. The molecule has 1 aliphatic carbocycles. The van der Waals surface area contributed by atoms with Crippen molar-refractivity contribution in [1.29, 1.82) is 0 Å². The van der Waals surface area contributed by atoms with Crippen LogP contribution in [0.4, 0.5) is 14.5 Å². The molecule has 0 bridgehead atoms. The lowest BCUT2D eigenvalue weighted by Crippen LogP contribution is -2.28. The smallest absolute Gasteiger partial charge is 0.167 e. The third kappa shape index (κ3) is 2.92. The minimum Gasteiger partial charge on any atom is -0.487 e. The van der Waals surface area contributed by atoms with Crippen molar-refractivity contribution in [2.75, 3.05) is 5.73 Å².